The van der Waals surface area contributed by atoms with Gasteiger partial charge in [0.15, 0.2) is 11.5 Å². The average molecular weight is 446 g/mol. The summed E-state index contributed by atoms with van der Waals surface area (Å²) >= 11 is 1.52. The van der Waals surface area contributed by atoms with Crippen LogP contribution in [-0.4, -0.2) is 30.3 Å². The number of nitrogens with one attached hydrogen (secondary N) is 1. The van der Waals surface area contributed by atoms with Crippen molar-refractivity contribution < 1.29 is 14.3 Å². The average Bonchev–Trinajstić information content (AvgIpc) is 3.30. The van der Waals surface area contributed by atoms with E-state index >= 15 is 0 Å². The van der Waals surface area contributed by atoms with Crippen LogP contribution in [0, 0.1) is 6.92 Å². The van der Waals surface area contributed by atoms with Crippen LogP contribution in [0.15, 0.2) is 66.7 Å². The van der Waals surface area contributed by atoms with E-state index in [1.165, 1.54) is 16.9 Å². The van der Waals surface area contributed by atoms with Crippen molar-refractivity contribution in [2.24, 2.45) is 0 Å². The molecular weight excluding hydrogens is 422 g/mol. The molecule has 0 aliphatic carbocycles. The van der Waals surface area contributed by atoms with Gasteiger partial charge in [-0.05, 0) is 36.8 Å². The smallest absolute Gasteiger partial charge is 0.228 e. The first kappa shape index (κ1) is 21.5. The van der Waals surface area contributed by atoms with Crippen molar-refractivity contribution in [3.63, 3.8) is 0 Å². The zero-order chi connectivity index (χ0) is 22.5. The quantitative estimate of drug-likeness (QED) is 0.413. The molecule has 1 aromatic heterocycles. The topological polar surface area (TPSA) is 73.3 Å². The number of benzene rings is 3. The molecule has 0 bridgehead atoms. The van der Waals surface area contributed by atoms with E-state index in [4.69, 9.17) is 9.47 Å². The number of carbonyl (C=O) groups excluding carboxylic acids is 1. The number of anilines is 1. The fourth-order valence-electron chi connectivity index (χ4n) is 3.26. The Bertz CT molecular complexity index is 1240. The molecule has 4 aromatic rings. The molecule has 0 saturated carbocycles. The third-order valence-corrected chi connectivity index (χ3v) is 5.95. The highest BCUT2D eigenvalue weighted by Crippen LogP contribution is 2.31. The molecule has 0 fully saturated rings. The number of aromatic nitrogens is 2. The summed E-state index contributed by atoms with van der Waals surface area (Å²) < 4.78 is 10.6. The van der Waals surface area contributed by atoms with Crippen LogP contribution in [0.2, 0.25) is 0 Å². The Morgan fingerprint density at radius 2 is 1.59 bits per heavy atom. The maximum Gasteiger partial charge on any atom is 0.228 e. The lowest BCUT2D eigenvalue weighted by Crippen LogP contribution is -2.14. The molecule has 0 aliphatic rings. The predicted molar refractivity (Wildman–Crippen MR) is 127 cm³/mol. The summed E-state index contributed by atoms with van der Waals surface area (Å²) in [4.78, 5) is 12.6. The van der Waals surface area contributed by atoms with E-state index in [0.29, 0.717) is 17.2 Å². The minimum atomic E-state index is -0.119. The maximum atomic E-state index is 12.6. The molecule has 3 aromatic carbocycles. The molecule has 4 rings (SSSR count). The van der Waals surface area contributed by atoms with E-state index in [-0.39, 0.29) is 12.3 Å². The Morgan fingerprint density at radius 3 is 2.31 bits per heavy atom. The molecule has 162 valence electrons. The lowest BCUT2D eigenvalue weighted by atomic mass is 10.1. The van der Waals surface area contributed by atoms with Gasteiger partial charge in [-0.25, -0.2) is 0 Å². The zero-order valence-corrected chi connectivity index (χ0v) is 18.9. The molecule has 1 N–H and O–H groups in total. The number of methoxy groups -OCH3 is 2. The first-order valence-electron chi connectivity index (χ1n) is 10.1. The van der Waals surface area contributed by atoms with Crippen molar-refractivity contribution in [3.05, 3.63) is 77.9 Å². The fourth-order valence-corrected chi connectivity index (χ4v) is 4.11. The van der Waals surface area contributed by atoms with Gasteiger partial charge in [0.2, 0.25) is 5.91 Å². The second kappa shape index (κ2) is 9.62. The molecule has 0 atom stereocenters. The number of hydrogen-bond donors (Lipinski definition) is 1. The summed E-state index contributed by atoms with van der Waals surface area (Å²) in [6.45, 7) is 2.06. The van der Waals surface area contributed by atoms with Gasteiger partial charge >= 0.3 is 0 Å². The molecule has 0 unspecified atom stereocenters. The summed E-state index contributed by atoms with van der Waals surface area (Å²) in [6.07, 6.45) is 0.223. The lowest BCUT2D eigenvalue weighted by Gasteiger charge is -2.10. The Morgan fingerprint density at radius 1 is 0.875 bits per heavy atom. The number of carbonyl (C=O) groups is 1. The highest BCUT2D eigenvalue weighted by Gasteiger charge is 2.12. The third-order valence-electron chi connectivity index (χ3n) is 4.93. The highest BCUT2D eigenvalue weighted by atomic mass is 32.1. The Hall–Kier alpha value is -3.71. The first-order chi connectivity index (χ1) is 15.6. The van der Waals surface area contributed by atoms with Gasteiger partial charge in [-0.15, -0.1) is 10.2 Å². The largest absolute Gasteiger partial charge is 0.493 e. The van der Waals surface area contributed by atoms with Crippen LogP contribution in [0.25, 0.3) is 21.1 Å². The van der Waals surface area contributed by atoms with Crippen molar-refractivity contribution in [2.75, 3.05) is 19.5 Å². The monoisotopic (exact) mass is 445 g/mol. The van der Waals surface area contributed by atoms with Gasteiger partial charge < -0.3 is 14.8 Å². The van der Waals surface area contributed by atoms with Crippen molar-refractivity contribution in [3.8, 4) is 32.6 Å². The van der Waals surface area contributed by atoms with Gasteiger partial charge in [0, 0.05) is 16.8 Å². The molecule has 1 heterocycles. The number of rotatable bonds is 7. The summed E-state index contributed by atoms with van der Waals surface area (Å²) in [6, 6.07) is 21.3. The lowest BCUT2D eigenvalue weighted by molar-refractivity contribution is -0.115. The second-order valence-electron chi connectivity index (χ2n) is 7.27. The van der Waals surface area contributed by atoms with Gasteiger partial charge in [-0.3, -0.25) is 4.79 Å². The SMILES string of the molecule is COc1ccc(CC(=O)Nc2cccc(-c3nnc(-c4ccc(C)cc4)s3)c2)cc1OC. The standard InChI is InChI=1S/C25H23N3O3S/c1-16-7-10-18(11-8-16)24-27-28-25(32-24)19-5-4-6-20(15-19)26-23(29)14-17-9-12-21(30-2)22(13-17)31-3/h4-13,15H,14H2,1-3H3,(H,26,29). The van der Waals surface area contributed by atoms with Gasteiger partial charge in [-0.2, -0.15) is 0 Å². The Labute approximate surface area is 190 Å². The van der Waals surface area contributed by atoms with Gasteiger partial charge in [0.05, 0.1) is 20.6 Å². The Balaban J connectivity index is 1.46. The van der Waals surface area contributed by atoms with Crippen molar-refractivity contribution in [1.29, 1.82) is 0 Å². The number of ether oxygens (including phenoxy) is 2. The molecule has 0 saturated heterocycles. The number of amides is 1. The van der Waals surface area contributed by atoms with E-state index in [0.717, 1.165) is 26.7 Å². The van der Waals surface area contributed by atoms with Crippen LogP contribution < -0.4 is 14.8 Å². The Kier molecular flexibility index (Phi) is 6.47. The number of nitrogens with zero attached hydrogens (tertiary/aromatic N) is 2. The summed E-state index contributed by atoms with van der Waals surface area (Å²) in [5, 5.41) is 13.3. The van der Waals surface area contributed by atoms with Gasteiger partial charge in [-0.1, -0.05) is 59.4 Å². The molecule has 6 nitrogen and oxygen atoms in total. The van der Waals surface area contributed by atoms with Crippen LogP contribution in [0.3, 0.4) is 0 Å². The van der Waals surface area contributed by atoms with Gasteiger partial charge in [0.1, 0.15) is 10.0 Å². The molecule has 0 aliphatic heterocycles. The van der Waals surface area contributed by atoms with Crippen LogP contribution in [0.5, 0.6) is 11.5 Å². The zero-order valence-electron chi connectivity index (χ0n) is 18.1. The predicted octanol–water partition coefficient (Wildman–Crippen LogP) is 5.38. The van der Waals surface area contributed by atoms with E-state index in [2.05, 4.69) is 34.6 Å². The molecule has 0 spiro atoms. The molecular formula is C25H23N3O3S. The second-order valence-corrected chi connectivity index (χ2v) is 8.25. The fraction of sp³-hybridized carbons (Fsp3) is 0.160. The number of aryl methyl sites for hydroxylation is 1. The van der Waals surface area contributed by atoms with E-state index in [9.17, 15) is 4.79 Å². The van der Waals surface area contributed by atoms with Crippen molar-refractivity contribution in [1.82, 2.24) is 10.2 Å². The number of hydrogen-bond acceptors (Lipinski definition) is 6. The summed E-state index contributed by atoms with van der Waals surface area (Å²) in [7, 11) is 3.16. The van der Waals surface area contributed by atoms with E-state index < -0.39 is 0 Å². The van der Waals surface area contributed by atoms with Crippen LogP contribution in [0.4, 0.5) is 5.69 Å². The van der Waals surface area contributed by atoms with Crippen LogP contribution in [-0.2, 0) is 11.2 Å². The molecule has 1 amide bonds. The van der Waals surface area contributed by atoms with Crippen molar-refractivity contribution in [2.45, 2.75) is 13.3 Å². The van der Waals surface area contributed by atoms with Crippen LogP contribution >= 0.6 is 11.3 Å². The maximum absolute atomic E-state index is 12.6. The first-order valence-corrected chi connectivity index (χ1v) is 10.9. The van der Waals surface area contributed by atoms with Gasteiger partial charge in [0.25, 0.3) is 0 Å². The summed E-state index contributed by atoms with van der Waals surface area (Å²) in [5.74, 6) is 1.11. The normalized spacial score (nSPS) is 10.6. The van der Waals surface area contributed by atoms with Crippen LogP contribution in [0.1, 0.15) is 11.1 Å². The van der Waals surface area contributed by atoms with E-state index in [1.54, 1.807) is 20.3 Å². The third kappa shape index (κ3) is 4.95. The highest BCUT2D eigenvalue weighted by molar-refractivity contribution is 7.17. The minimum Gasteiger partial charge on any atom is -0.493 e. The minimum absolute atomic E-state index is 0.119. The summed E-state index contributed by atoms with van der Waals surface area (Å²) in [5.41, 5.74) is 4.70. The molecule has 0 radical (unpaired) electrons. The molecule has 32 heavy (non-hydrogen) atoms. The van der Waals surface area contributed by atoms with Crippen molar-refractivity contribution >= 4 is 22.9 Å². The molecule has 7 heteroatoms. The van der Waals surface area contributed by atoms with E-state index in [1.807, 2.05) is 48.5 Å².